The predicted molar refractivity (Wildman–Crippen MR) is 99.2 cm³/mol. The summed E-state index contributed by atoms with van der Waals surface area (Å²) in [7, 11) is 0. The van der Waals surface area contributed by atoms with Crippen molar-refractivity contribution in [1.82, 2.24) is 4.57 Å². The van der Waals surface area contributed by atoms with Crippen LogP contribution in [-0.4, -0.2) is 21.8 Å². The maximum absolute atomic E-state index is 14.8. The summed E-state index contributed by atoms with van der Waals surface area (Å²) in [5.41, 5.74) is 0.672. The van der Waals surface area contributed by atoms with E-state index in [9.17, 15) is 19.3 Å². The largest absolute Gasteiger partial charge is 0.371 e. The van der Waals surface area contributed by atoms with Gasteiger partial charge in [0.15, 0.2) is 5.78 Å². The molecule has 1 aliphatic heterocycles. The zero-order valence-electron chi connectivity index (χ0n) is 13.5. The average molecular weight is 418 g/mol. The summed E-state index contributed by atoms with van der Waals surface area (Å²) in [6, 6.07) is 9.00. The molecule has 0 bridgehead atoms. The van der Waals surface area contributed by atoms with Crippen LogP contribution in [0.15, 0.2) is 40.9 Å². The van der Waals surface area contributed by atoms with Crippen molar-refractivity contribution in [3.63, 3.8) is 0 Å². The van der Waals surface area contributed by atoms with Crippen LogP contribution in [0.25, 0.3) is 10.9 Å². The molecule has 2 heterocycles. The fourth-order valence-corrected chi connectivity index (χ4v) is 3.61. The zero-order valence-corrected chi connectivity index (χ0v) is 15.0. The molecule has 1 aromatic heterocycles. The summed E-state index contributed by atoms with van der Waals surface area (Å²) in [5, 5.41) is 14.4. The minimum atomic E-state index is -0.765. The monoisotopic (exact) mass is 417 g/mol. The van der Waals surface area contributed by atoms with Crippen LogP contribution in [-0.2, 0) is 6.54 Å². The Hall–Kier alpha value is -2.74. The summed E-state index contributed by atoms with van der Waals surface area (Å²) >= 11 is 3.32. The number of rotatable bonds is 3. The van der Waals surface area contributed by atoms with Crippen LogP contribution in [0.5, 0.6) is 0 Å². The quantitative estimate of drug-likeness (QED) is 0.386. The van der Waals surface area contributed by atoms with E-state index in [0.717, 1.165) is 17.0 Å². The number of halogens is 2. The fourth-order valence-electron chi connectivity index (χ4n) is 3.34. The van der Waals surface area contributed by atoms with Gasteiger partial charge in [-0.2, -0.15) is 0 Å². The summed E-state index contributed by atoms with van der Waals surface area (Å²) in [4.78, 5) is 23.6. The minimum absolute atomic E-state index is 0.118. The van der Waals surface area contributed by atoms with Crippen LogP contribution in [0, 0.1) is 15.9 Å². The number of hydrogen-bond acceptors (Lipinski definition) is 4. The number of hydrogen-bond donors (Lipinski definition) is 1. The van der Waals surface area contributed by atoms with E-state index in [1.807, 2.05) is 0 Å². The fraction of sp³-hybridized carbons (Fsp3) is 0.167. The molecule has 0 saturated heterocycles. The topological polar surface area (TPSA) is 77.2 Å². The number of nitro groups is 1. The van der Waals surface area contributed by atoms with E-state index in [1.54, 1.807) is 28.8 Å². The molecule has 0 atom stereocenters. The third kappa shape index (κ3) is 2.57. The maximum atomic E-state index is 14.8. The molecule has 0 fully saturated rings. The number of aryl methyl sites for hydroxylation is 1. The highest BCUT2D eigenvalue weighted by molar-refractivity contribution is 9.10. The molecule has 1 N–H and O–H groups in total. The van der Waals surface area contributed by atoms with Gasteiger partial charge in [-0.25, -0.2) is 4.39 Å². The van der Waals surface area contributed by atoms with Gasteiger partial charge in [0.25, 0.3) is 5.69 Å². The lowest BCUT2D eigenvalue weighted by atomic mass is 10.0. The van der Waals surface area contributed by atoms with Crippen molar-refractivity contribution < 1.29 is 14.1 Å². The maximum Gasteiger partial charge on any atom is 0.274 e. The first-order valence-corrected chi connectivity index (χ1v) is 8.81. The number of non-ortho nitro benzene ring substituents is 1. The van der Waals surface area contributed by atoms with Gasteiger partial charge < -0.3 is 9.88 Å². The normalized spacial score (nSPS) is 13.3. The Balaban J connectivity index is 2.01. The number of nitrogens with zero attached hydrogens (tertiary/aromatic N) is 2. The molecule has 4 rings (SSSR count). The van der Waals surface area contributed by atoms with E-state index in [1.165, 1.54) is 6.07 Å². The van der Waals surface area contributed by atoms with E-state index in [-0.39, 0.29) is 22.4 Å². The highest BCUT2D eigenvalue weighted by atomic mass is 79.9. The molecule has 0 saturated carbocycles. The van der Waals surface area contributed by atoms with Crippen molar-refractivity contribution >= 4 is 44.1 Å². The Morgan fingerprint density at radius 3 is 2.69 bits per heavy atom. The van der Waals surface area contributed by atoms with Gasteiger partial charge in [0.2, 0.25) is 0 Å². The summed E-state index contributed by atoms with van der Waals surface area (Å²) in [5.74, 6) is -0.574. The van der Waals surface area contributed by atoms with E-state index < -0.39 is 10.7 Å². The second kappa shape index (κ2) is 6.21. The SMILES string of the molecule is O=C(c1ccc(Br)cc1)c1c2n(c3cc([N+](=O)[O-])cc(F)c13)CCCN2. The Kier molecular flexibility index (Phi) is 3.99. The van der Waals surface area contributed by atoms with Crippen molar-refractivity contribution in [3.8, 4) is 0 Å². The Morgan fingerprint density at radius 1 is 1.27 bits per heavy atom. The van der Waals surface area contributed by atoms with Gasteiger partial charge in [-0.05, 0) is 30.7 Å². The highest BCUT2D eigenvalue weighted by Crippen LogP contribution is 2.37. The number of aromatic nitrogens is 1. The first kappa shape index (κ1) is 16.7. The standard InChI is InChI=1S/C18H13BrFN3O3/c19-11-4-2-10(3-5-11)17(24)16-15-13(20)8-12(23(25)26)9-14(15)22-7-1-6-21-18(16)22/h2-5,8-9,21H,1,6-7H2. The molecule has 8 heteroatoms. The molecule has 26 heavy (non-hydrogen) atoms. The number of nitrogens with one attached hydrogen (secondary N) is 1. The Labute approximate surface area is 155 Å². The number of carbonyl (C=O) groups is 1. The van der Waals surface area contributed by atoms with Gasteiger partial charge in [-0.15, -0.1) is 0 Å². The number of fused-ring (bicyclic) bond motifs is 3. The molecular weight excluding hydrogens is 405 g/mol. The molecule has 3 aromatic rings. The second-order valence-corrected chi connectivity index (χ2v) is 6.99. The first-order chi connectivity index (χ1) is 12.5. The molecular formula is C18H13BrFN3O3. The van der Waals surface area contributed by atoms with Crippen LogP contribution in [0.4, 0.5) is 15.9 Å². The van der Waals surface area contributed by atoms with Gasteiger partial charge >= 0.3 is 0 Å². The molecule has 0 unspecified atom stereocenters. The molecule has 0 spiro atoms. The Morgan fingerprint density at radius 2 is 2.00 bits per heavy atom. The van der Waals surface area contributed by atoms with E-state index in [2.05, 4.69) is 21.2 Å². The Bertz CT molecular complexity index is 1060. The van der Waals surface area contributed by atoms with Gasteiger partial charge in [0, 0.05) is 34.6 Å². The van der Waals surface area contributed by atoms with Crippen molar-refractivity contribution in [3.05, 3.63) is 67.9 Å². The third-order valence-electron chi connectivity index (χ3n) is 4.50. The second-order valence-electron chi connectivity index (χ2n) is 6.07. The summed E-state index contributed by atoms with van der Waals surface area (Å²) in [6.07, 6.45) is 0.785. The minimum Gasteiger partial charge on any atom is -0.371 e. The van der Waals surface area contributed by atoms with Crippen LogP contribution in [0.2, 0.25) is 0 Å². The van der Waals surface area contributed by atoms with Gasteiger partial charge in [0.05, 0.1) is 22.1 Å². The van der Waals surface area contributed by atoms with E-state index in [0.29, 0.717) is 30.0 Å². The number of carbonyl (C=O) groups excluding carboxylic acids is 1. The molecule has 6 nitrogen and oxygen atoms in total. The van der Waals surface area contributed by atoms with Gasteiger partial charge in [-0.3, -0.25) is 14.9 Å². The summed E-state index contributed by atoms with van der Waals surface area (Å²) in [6.45, 7) is 1.22. The van der Waals surface area contributed by atoms with Crippen molar-refractivity contribution in [2.45, 2.75) is 13.0 Å². The van der Waals surface area contributed by atoms with Crippen LogP contribution in [0.1, 0.15) is 22.3 Å². The molecule has 1 aliphatic rings. The molecule has 132 valence electrons. The van der Waals surface area contributed by atoms with Crippen LogP contribution >= 0.6 is 15.9 Å². The van der Waals surface area contributed by atoms with E-state index >= 15 is 0 Å². The lowest BCUT2D eigenvalue weighted by Crippen LogP contribution is -2.18. The van der Waals surface area contributed by atoms with Crippen molar-refractivity contribution in [2.24, 2.45) is 0 Å². The number of anilines is 1. The lowest BCUT2D eigenvalue weighted by molar-refractivity contribution is -0.384. The van der Waals surface area contributed by atoms with Crippen molar-refractivity contribution in [2.75, 3.05) is 11.9 Å². The van der Waals surface area contributed by atoms with Gasteiger partial charge in [-0.1, -0.05) is 15.9 Å². The zero-order chi connectivity index (χ0) is 18.4. The van der Waals surface area contributed by atoms with Crippen LogP contribution < -0.4 is 5.32 Å². The molecule has 2 aromatic carbocycles. The third-order valence-corrected chi connectivity index (χ3v) is 5.03. The first-order valence-electron chi connectivity index (χ1n) is 8.01. The van der Waals surface area contributed by atoms with E-state index in [4.69, 9.17) is 0 Å². The van der Waals surface area contributed by atoms with Crippen LogP contribution in [0.3, 0.4) is 0 Å². The average Bonchev–Trinajstić information content (AvgIpc) is 2.97. The lowest BCUT2D eigenvalue weighted by Gasteiger charge is -2.19. The number of ketones is 1. The van der Waals surface area contributed by atoms with Gasteiger partial charge in [0.1, 0.15) is 11.6 Å². The molecule has 0 aliphatic carbocycles. The number of nitro benzene ring substituents is 1. The smallest absolute Gasteiger partial charge is 0.274 e. The molecule has 0 radical (unpaired) electrons. The summed E-state index contributed by atoms with van der Waals surface area (Å²) < 4.78 is 17.4. The molecule has 0 amide bonds. The van der Waals surface area contributed by atoms with Crippen molar-refractivity contribution in [1.29, 1.82) is 0 Å². The predicted octanol–water partition coefficient (Wildman–Crippen LogP) is 4.50. The number of benzene rings is 2. The highest BCUT2D eigenvalue weighted by Gasteiger charge is 2.29.